The zero-order valence-electron chi connectivity index (χ0n) is 18.9. The van der Waals surface area contributed by atoms with Crippen LogP contribution in [0.4, 0.5) is 5.82 Å². The predicted octanol–water partition coefficient (Wildman–Crippen LogP) is 5.66. The Kier molecular flexibility index (Phi) is 5.29. The minimum absolute atomic E-state index is 0.385. The number of anilines is 1. The predicted molar refractivity (Wildman–Crippen MR) is 126 cm³/mol. The largest absolute Gasteiger partial charge is 0.507 e. The van der Waals surface area contributed by atoms with Gasteiger partial charge in [0.25, 0.3) is 0 Å². The second kappa shape index (κ2) is 7.52. The molecule has 1 N–H and O–H groups in total. The van der Waals surface area contributed by atoms with Crippen LogP contribution in [0.2, 0.25) is 0 Å². The van der Waals surface area contributed by atoms with E-state index >= 15 is 0 Å². The molecular formula is C25H32N2O2S. The molecule has 1 fully saturated rings. The first-order valence-electron chi connectivity index (χ1n) is 10.9. The average Bonchev–Trinajstić information content (AvgIpc) is 3.51. The van der Waals surface area contributed by atoms with Crippen LogP contribution in [0.1, 0.15) is 59.7 Å². The van der Waals surface area contributed by atoms with E-state index in [4.69, 9.17) is 21.9 Å². The van der Waals surface area contributed by atoms with Crippen molar-refractivity contribution >= 4 is 23.0 Å². The van der Waals surface area contributed by atoms with Gasteiger partial charge in [0.1, 0.15) is 22.3 Å². The van der Waals surface area contributed by atoms with Crippen molar-refractivity contribution in [3.05, 3.63) is 45.6 Å². The molecule has 2 aliphatic rings. The standard InChI is InChI=1S/C25H32N2O2S/c1-14-11-15(2)26-21(12-14)27(13-19-7-8-19)24(30)25(6)10-9-20-18(5)22(28)16(3)17(4)23(20)29-25/h11-12,19,28H,7-10,13H2,1-6H3. The van der Waals surface area contributed by atoms with Crippen LogP contribution in [-0.4, -0.2) is 27.2 Å². The number of nitrogens with zero attached hydrogens (tertiary/aromatic N) is 2. The number of benzene rings is 1. The van der Waals surface area contributed by atoms with Gasteiger partial charge in [0.15, 0.2) is 5.60 Å². The monoisotopic (exact) mass is 424 g/mol. The van der Waals surface area contributed by atoms with E-state index in [-0.39, 0.29) is 0 Å². The minimum atomic E-state index is -0.586. The molecule has 2 aromatic rings. The zero-order chi connectivity index (χ0) is 21.8. The van der Waals surface area contributed by atoms with Crippen LogP contribution < -0.4 is 9.64 Å². The first-order chi connectivity index (χ1) is 14.1. The number of thiocarbonyl (C=S) groups is 1. The number of fused-ring (bicyclic) bond motifs is 1. The summed E-state index contributed by atoms with van der Waals surface area (Å²) in [5.41, 5.74) is 5.52. The zero-order valence-corrected chi connectivity index (χ0v) is 19.7. The van der Waals surface area contributed by atoms with Gasteiger partial charge in [-0.1, -0.05) is 12.2 Å². The Morgan fingerprint density at radius 1 is 1.17 bits per heavy atom. The maximum absolute atomic E-state index is 10.5. The van der Waals surface area contributed by atoms with E-state index in [1.165, 1.54) is 18.4 Å². The van der Waals surface area contributed by atoms with E-state index in [1.54, 1.807) is 0 Å². The summed E-state index contributed by atoms with van der Waals surface area (Å²) in [6, 6.07) is 4.22. The first kappa shape index (κ1) is 21.1. The van der Waals surface area contributed by atoms with Gasteiger partial charge in [-0.15, -0.1) is 0 Å². The molecule has 5 heteroatoms. The summed E-state index contributed by atoms with van der Waals surface area (Å²) in [5.74, 6) is 2.87. The molecule has 0 amide bonds. The van der Waals surface area contributed by atoms with Gasteiger partial charge in [-0.3, -0.25) is 0 Å². The van der Waals surface area contributed by atoms with Crippen molar-refractivity contribution in [3.63, 3.8) is 0 Å². The van der Waals surface area contributed by atoms with E-state index in [0.29, 0.717) is 11.7 Å². The number of phenolic OH excluding ortho intramolecular Hbond substituents is 1. The Hall–Kier alpha value is -2.14. The number of aryl methyl sites for hydroxylation is 2. The normalized spacial score (nSPS) is 20.5. The summed E-state index contributed by atoms with van der Waals surface area (Å²) in [6.45, 7) is 13.1. The summed E-state index contributed by atoms with van der Waals surface area (Å²) in [6.07, 6.45) is 4.12. The molecule has 1 aromatic heterocycles. The van der Waals surface area contributed by atoms with Gasteiger partial charge in [0.05, 0.1) is 0 Å². The lowest BCUT2D eigenvalue weighted by Gasteiger charge is -2.41. The molecule has 4 nitrogen and oxygen atoms in total. The lowest BCUT2D eigenvalue weighted by atomic mass is 9.86. The molecule has 0 spiro atoms. The molecule has 1 atom stereocenters. The van der Waals surface area contributed by atoms with Crippen LogP contribution in [0.25, 0.3) is 0 Å². The summed E-state index contributed by atoms with van der Waals surface area (Å²) in [7, 11) is 0. The topological polar surface area (TPSA) is 45.6 Å². The van der Waals surface area contributed by atoms with Crippen molar-refractivity contribution in [1.29, 1.82) is 0 Å². The Balaban J connectivity index is 1.72. The fourth-order valence-corrected chi connectivity index (χ4v) is 4.79. The number of pyridine rings is 1. The average molecular weight is 425 g/mol. The third-order valence-electron chi connectivity index (χ3n) is 6.72. The molecule has 1 aliphatic carbocycles. The minimum Gasteiger partial charge on any atom is -0.507 e. The third-order valence-corrected chi connectivity index (χ3v) is 7.37. The number of ether oxygens (including phenoxy) is 1. The number of aromatic nitrogens is 1. The SMILES string of the molecule is Cc1cc(C)nc(N(CC2CC2)C(=S)C2(C)CCc3c(C)c(O)c(C)c(C)c3O2)c1. The van der Waals surface area contributed by atoms with E-state index in [9.17, 15) is 5.11 Å². The van der Waals surface area contributed by atoms with Crippen molar-refractivity contribution in [2.24, 2.45) is 5.92 Å². The third kappa shape index (κ3) is 3.68. The van der Waals surface area contributed by atoms with Gasteiger partial charge < -0.3 is 14.7 Å². The summed E-state index contributed by atoms with van der Waals surface area (Å²) in [4.78, 5) is 7.84. The van der Waals surface area contributed by atoms with Crippen molar-refractivity contribution in [2.45, 2.75) is 72.8 Å². The maximum atomic E-state index is 10.5. The highest BCUT2D eigenvalue weighted by Gasteiger charge is 2.42. The molecule has 2 heterocycles. The smallest absolute Gasteiger partial charge is 0.157 e. The van der Waals surface area contributed by atoms with Crippen molar-refractivity contribution in [3.8, 4) is 11.5 Å². The quantitative estimate of drug-likeness (QED) is 0.642. The van der Waals surface area contributed by atoms with E-state index < -0.39 is 5.60 Å². The Morgan fingerprint density at radius 3 is 2.50 bits per heavy atom. The van der Waals surface area contributed by atoms with Crippen LogP contribution >= 0.6 is 12.2 Å². The molecule has 1 aromatic carbocycles. The van der Waals surface area contributed by atoms with Gasteiger partial charge in [-0.2, -0.15) is 0 Å². The van der Waals surface area contributed by atoms with Gasteiger partial charge in [0, 0.05) is 17.8 Å². The first-order valence-corrected chi connectivity index (χ1v) is 11.3. The molecule has 1 saturated carbocycles. The van der Waals surface area contributed by atoms with Gasteiger partial charge in [-0.25, -0.2) is 4.98 Å². The molecule has 0 saturated heterocycles. The highest BCUT2D eigenvalue weighted by atomic mass is 32.1. The highest BCUT2D eigenvalue weighted by Crippen LogP contribution is 2.44. The Morgan fingerprint density at radius 2 is 1.87 bits per heavy atom. The highest BCUT2D eigenvalue weighted by molar-refractivity contribution is 7.80. The summed E-state index contributed by atoms with van der Waals surface area (Å²) < 4.78 is 6.67. The van der Waals surface area contributed by atoms with Crippen LogP contribution in [-0.2, 0) is 6.42 Å². The summed E-state index contributed by atoms with van der Waals surface area (Å²) in [5, 5.41) is 10.5. The molecule has 4 rings (SSSR count). The molecular weight excluding hydrogens is 392 g/mol. The molecule has 1 aliphatic heterocycles. The van der Waals surface area contributed by atoms with Crippen LogP contribution in [0, 0.1) is 40.5 Å². The van der Waals surface area contributed by atoms with Crippen molar-refractivity contribution < 1.29 is 9.84 Å². The van der Waals surface area contributed by atoms with Crippen molar-refractivity contribution in [2.75, 3.05) is 11.4 Å². The number of rotatable bonds is 4. The summed E-state index contributed by atoms with van der Waals surface area (Å²) >= 11 is 6.10. The molecule has 0 radical (unpaired) electrons. The van der Waals surface area contributed by atoms with E-state index in [0.717, 1.165) is 63.9 Å². The maximum Gasteiger partial charge on any atom is 0.157 e. The fourth-order valence-electron chi connectivity index (χ4n) is 4.48. The van der Waals surface area contributed by atoms with Gasteiger partial charge in [0.2, 0.25) is 0 Å². The second-order valence-electron chi connectivity index (χ2n) is 9.37. The lowest BCUT2D eigenvalue weighted by molar-refractivity contribution is 0.133. The van der Waals surface area contributed by atoms with Gasteiger partial charge in [-0.05, 0) is 108 Å². The molecule has 0 bridgehead atoms. The molecule has 160 valence electrons. The van der Waals surface area contributed by atoms with E-state index in [2.05, 4.69) is 30.9 Å². The van der Waals surface area contributed by atoms with Crippen molar-refractivity contribution in [1.82, 2.24) is 4.98 Å². The van der Waals surface area contributed by atoms with Gasteiger partial charge >= 0.3 is 0 Å². The van der Waals surface area contributed by atoms with Crippen LogP contribution in [0.3, 0.4) is 0 Å². The molecule has 30 heavy (non-hydrogen) atoms. The number of hydrogen-bond acceptors (Lipinski definition) is 4. The lowest BCUT2D eigenvalue weighted by Crippen LogP contribution is -2.52. The second-order valence-corrected chi connectivity index (χ2v) is 9.75. The Labute approximate surface area is 185 Å². The van der Waals surface area contributed by atoms with E-state index in [1.807, 2.05) is 27.7 Å². The number of aromatic hydroxyl groups is 1. The van der Waals surface area contributed by atoms with Crippen LogP contribution in [0.15, 0.2) is 12.1 Å². The van der Waals surface area contributed by atoms with Crippen LogP contribution in [0.5, 0.6) is 11.5 Å². The number of phenols is 1. The Bertz CT molecular complexity index is 1010. The molecule has 1 unspecified atom stereocenters. The number of hydrogen-bond donors (Lipinski definition) is 1. The fraction of sp³-hybridized carbons (Fsp3) is 0.520.